The number of nitrogens with zero attached hydrogens (tertiary/aromatic N) is 1. The Morgan fingerprint density at radius 2 is 1.70 bits per heavy atom. The van der Waals surface area contributed by atoms with Crippen molar-refractivity contribution in [2.45, 2.75) is 32.1 Å². The predicted octanol–water partition coefficient (Wildman–Crippen LogP) is 1.52. The van der Waals surface area contributed by atoms with Crippen molar-refractivity contribution >= 4 is 35.3 Å². The van der Waals surface area contributed by atoms with Crippen LogP contribution in [0, 0.1) is 11.8 Å². The van der Waals surface area contributed by atoms with E-state index in [4.69, 9.17) is 4.74 Å². The van der Waals surface area contributed by atoms with Crippen LogP contribution in [0.3, 0.4) is 0 Å². The lowest BCUT2D eigenvalue weighted by molar-refractivity contribution is -0.148. The Hall–Kier alpha value is -3.23. The highest BCUT2D eigenvalue weighted by atomic mass is 16.5. The number of imide groups is 1. The fourth-order valence-corrected chi connectivity index (χ4v) is 3.94. The highest BCUT2D eigenvalue weighted by Crippen LogP contribution is 2.37. The van der Waals surface area contributed by atoms with Crippen LogP contribution in [0.5, 0.6) is 0 Å². The van der Waals surface area contributed by atoms with Crippen LogP contribution < -0.4 is 5.32 Å². The number of hydrogen-bond donors (Lipinski definition) is 1. The Balaban J connectivity index is 1.46. The number of carbonyl (C=O) groups is 5. The summed E-state index contributed by atoms with van der Waals surface area (Å²) in [6.45, 7) is -0.599. The first-order valence-corrected chi connectivity index (χ1v) is 9.90. The Morgan fingerprint density at radius 3 is 2.33 bits per heavy atom. The van der Waals surface area contributed by atoms with Crippen LogP contribution >= 0.6 is 0 Å². The smallest absolute Gasteiger partial charge is 0.339 e. The molecule has 0 radical (unpaired) electrons. The lowest BCUT2D eigenvalue weighted by atomic mass is 9.81. The quantitative estimate of drug-likeness (QED) is 0.529. The minimum atomic E-state index is -0.693. The second-order valence-corrected chi connectivity index (χ2v) is 7.32. The van der Waals surface area contributed by atoms with Gasteiger partial charge in [-0.2, -0.15) is 0 Å². The van der Waals surface area contributed by atoms with E-state index in [-0.39, 0.29) is 47.9 Å². The summed E-state index contributed by atoms with van der Waals surface area (Å²) in [4.78, 5) is 61.7. The number of fused-ring (bicyclic) bond motifs is 1. The predicted molar refractivity (Wildman–Crippen MR) is 104 cm³/mol. The van der Waals surface area contributed by atoms with Crippen molar-refractivity contribution in [1.82, 2.24) is 4.90 Å². The fraction of sp³-hybridized carbons (Fsp3) is 0.476. The second-order valence-electron chi connectivity index (χ2n) is 7.32. The highest BCUT2D eigenvalue weighted by molar-refractivity contribution is 6.05. The van der Waals surface area contributed by atoms with Gasteiger partial charge < -0.3 is 14.8 Å². The number of rotatable bonds is 7. The van der Waals surface area contributed by atoms with Gasteiger partial charge >= 0.3 is 11.9 Å². The second kappa shape index (κ2) is 9.51. The van der Waals surface area contributed by atoms with Gasteiger partial charge in [-0.25, -0.2) is 4.79 Å². The molecular weight excluding hydrogens is 392 g/mol. The third-order valence-electron chi connectivity index (χ3n) is 5.44. The van der Waals surface area contributed by atoms with E-state index in [2.05, 4.69) is 10.1 Å². The summed E-state index contributed by atoms with van der Waals surface area (Å²) in [5, 5.41) is 2.49. The van der Waals surface area contributed by atoms with Crippen molar-refractivity contribution in [3.8, 4) is 0 Å². The molecule has 3 amide bonds. The molecule has 0 spiro atoms. The molecule has 1 aromatic carbocycles. The lowest BCUT2D eigenvalue weighted by Gasteiger charge is -2.19. The molecule has 1 heterocycles. The van der Waals surface area contributed by atoms with Crippen molar-refractivity contribution in [3.05, 3.63) is 29.8 Å². The largest absolute Gasteiger partial charge is 0.465 e. The number of benzene rings is 1. The van der Waals surface area contributed by atoms with E-state index >= 15 is 0 Å². The van der Waals surface area contributed by atoms with E-state index in [1.54, 1.807) is 12.1 Å². The van der Waals surface area contributed by atoms with Crippen molar-refractivity contribution in [1.29, 1.82) is 0 Å². The van der Waals surface area contributed by atoms with Gasteiger partial charge in [-0.3, -0.25) is 24.1 Å². The molecule has 3 rings (SSSR count). The maximum atomic E-state index is 12.4. The van der Waals surface area contributed by atoms with E-state index in [1.807, 2.05) is 0 Å². The van der Waals surface area contributed by atoms with Gasteiger partial charge in [0.05, 0.1) is 36.6 Å². The topological polar surface area (TPSA) is 119 Å². The van der Waals surface area contributed by atoms with E-state index < -0.39 is 24.5 Å². The van der Waals surface area contributed by atoms with Crippen LogP contribution in [-0.2, 0) is 28.7 Å². The molecule has 160 valence electrons. The molecule has 30 heavy (non-hydrogen) atoms. The van der Waals surface area contributed by atoms with E-state index in [1.165, 1.54) is 19.2 Å². The summed E-state index contributed by atoms with van der Waals surface area (Å²) in [6, 6.07) is 6.28. The summed E-state index contributed by atoms with van der Waals surface area (Å²) in [5.41, 5.74) is 0.411. The average molecular weight is 416 g/mol. The Bertz CT molecular complexity index is 843. The van der Waals surface area contributed by atoms with Crippen LogP contribution in [0.25, 0.3) is 0 Å². The maximum Gasteiger partial charge on any atom is 0.339 e. The van der Waals surface area contributed by atoms with Gasteiger partial charge in [0.25, 0.3) is 5.91 Å². The summed E-state index contributed by atoms with van der Waals surface area (Å²) in [5.74, 6) is -2.88. The first-order valence-electron chi connectivity index (χ1n) is 9.90. The molecule has 2 atom stereocenters. The SMILES string of the molecule is COC(=O)c1ccccc1NC(=O)COC(=O)CCN1C(=O)[C@H]2CCCC[C@H]2C1=O. The third kappa shape index (κ3) is 4.67. The number of methoxy groups -OCH3 is 1. The standard InChI is InChI=1S/C21H24N2O7/c1-29-21(28)15-8-4-5-9-16(15)22-17(24)12-30-18(25)10-11-23-19(26)13-6-2-3-7-14(13)20(23)27/h4-5,8-9,13-14H,2-3,6-7,10-12H2,1H3,(H,22,24)/t13-,14+. The number of nitrogens with one attached hydrogen (secondary N) is 1. The number of esters is 2. The number of hydrogen-bond acceptors (Lipinski definition) is 7. The normalized spacial score (nSPS) is 20.5. The maximum absolute atomic E-state index is 12.4. The summed E-state index contributed by atoms with van der Waals surface area (Å²) in [6.07, 6.45) is 3.12. The average Bonchev–Trinajstić information content (AvgIpc) is 3.00. The summed E-state index contributed by atoms with van der Waals surface area (Å²) in [7, 11) is 1.23. The molecule has 1 N–H and O–H groups in total. The zero-order valence-corrected chi connectivity index (χ0v) is 16.7. The minimum absolute atomic E-state index is 0.0453. The minimum Gasteiger partial charge on any atom is -0.465 e. The Morgan fingerprint density at radius 1 is 1.07 bits per heavy atom. The Kier molecular flexibility index (Phi) is 6.81. The van der Waals surface area contributed by atoms with E-state index in [9.17, 15) is 24.0 Å². The van der Waals surface area contributed by atoms with Crippen LogP contribution in [0.2, 0.25) is 0 Å². The molecule has 9 nitrogen and oxygen atoms in total. The molecule has 2 fully saturated rings. The van der Waals surface area contributed by atoms with Crippen LogP contribution in [0.4, 0.5) is 5.69 Å². The van der Waals surface area contributed by atoms with Gasteiger partial charge in [0.15, 0.2) is 6.61 Å². The number of ether oxygens (including phenoxy) is 2. The molecule has 0 unspecified atom stereocenters. The summed E-state index contributed by atoms with van der Waals surface area (Å²) >= 11 is 0. The lowest BCUT2D eigenvalue weighted by Crippen LogP contribution is -2.33. The third-order valence-corrected chi connectivity index (χ3v) is 5.44. The van der Waals surface area contributed by atoms with Crippen molar-refractivity contribution < 1.29 is 33.4 Å². The van der Waals surface area contributed by atoms with Gasteiger partial charge in [-0.05, 0) is 25.0 Å². The first kappa shape index (κ1) is 21.5. The number of likely N-dealkylation sites (tertiary alicyclic amines) is 1. The summed E-state index contributed by atoms with van der Waals surface area (Å²) < 4.78 is 9.59. The van der Waals surface area contributed by atoms with Gasteiger partial charge in [0.2, 0.25) is 11.8 Å². The molecule has 1 aliphatic carbocycles. The zero-order valence-electron chi connectivity index (χ0n) is 16.7. The number of carbonyl (C=O) groups excluding carboxylic acids is 5. The number of anilines is 1. The molecule has 1 aromatic rings. The highest BCUT2D eigenvalue weighted by Gasteiger charge is 2.47. The van der Waals surface area contributed by atoms with Crippen molar-refractivity contribution in [2.75, 3.05) is 25.6 Å². The molecular formula is C21H24N2O7. The number of para-hydroxylation sites is 1. The molecule has 2 aliphatic rings. The molecule has 1 saturated carbocycles. The van der Waals surface area contributed by atoms with E-state index in [0.29, 0.717) is 12.8 Å². The molecule has 1 aliphatic heterocycles. The fourth-order valence-electron chi connectivity index (χ4n) is 3.94. The molecule has 1 saturated heterocycles. The van der Waals surface area contributed by atoms with Gasteiger partial charge in [-0.1, -0.05) is 25.0 Å². The van der Waals surface area contributed by atoms with Crippen molar-refractivity contribution in [2.24, 2.45) is 11.8 Å². The van der Waals surface area contributed by atoms with Gasteiger partial charge in [0.1, 0.15) is 0 Å². The Labute approximate surface area is 173 Å². The van der Waals surface area contributed by atoms with Crippen molar-refractivity contribution in [3.63, 3.8) is 0 Å². The number of amides is 3. The van der Waals surface area contributed by atoms with Gasteiger partial charge in [0, 0.05) is 6.54 Å². The molecule has 0 aromatic heterocycles. The van der Waals surface area contributed by atoms with Crippen LogP contribution in [0.15, 0.2) is 24.3 Å². The monoisotopic (exact) mass is 416 g/mol. The van der Waals surface area contributed by atoms with Gasteiger partial charge in [-0.15, -0.1) is 0 Å². The van der Waals surface area contributed by atoms with Crippen LogP contribution in [-0.4, -0.2) is 54.8 Å². The zero-order chi connectivity index (χ0) is 21.7. The molecule has 9 heteroatoms. The van der Waals surface area contributed by atoms with Crippen LogP contribution in [0.1, 0.15) is 42.5 Å². The first-order chi connectivity index (χ1) is 14.4. The van der Waals surface area contributed by atoms with E-state index in [0.717, 1.165) is 17.7 Å². The molecule has 0 bridgehead atoms.